The minimum atomic E-state index is -0.240. The molecule has 0 atom stereocenters. The van der Waals surface area contributed by atoms with Crippen molar-refractivity contribution in [1.29, 1.82) is 0 Å². The molecule has 128 valence electrons. The predicted octanol–water partition coefficient (Wildman–Crippen LogP) is 4.54. The number of nitrogens with one attached hydrogen (secondary N) is 1. The molecule has 5 nitrogen and oxygen atoms in total. The lowest BCUT2D eigenvalue weighted by atomic mass is 10.0. The number of carbonyl (C=O) groups excluding carboxylic acids is 1. The van der Waals surface area contributed by atoms with Crippen molar-refractivity contribution in [2.24, 2.45) is 0 Å². The molecule has 0 bridgehead atoms. The summed E-state index contributed by atoms with van der Waals surface area (Å²) < 4.78 is 10.5. The molecule has 0 aliphatic heterocycles. The van der Waals surface area contributed by atoms with E-state index in [9.17, 15) is 4.79 Å². The average molecular weight is 354 g/mol. The summed E-state index contributed by atoms with van der Waals surface area (Å²) in [6.07, 6.45) is 3.29. The summed E-state index contributed by atoms with van der Waals surface area (Å²) in [5.41, 5.74) is 2.17. The lowest BCUT2D eigenvalue weighted by molar-refractivity contribution is -0.111. The topological polar surface area (TPSA) is 64.4 Å². The molecule has 1 aromatic carbocycles. The first-order valence-electron chi connectivity index (χ1n) is 7.72. The molecule has 3 rings (SSSR count). The number of rotatable bonds is 5. The van der Waals surface area contributed by atoms with E-state index in [1.165, 1.54) is 11.3 Å². The van der Waals surface area contributed by atoms with Crippen molar-refractivity contribution in [2.45, 2.75) is 13.8 Å². The van der Waals surface area contributed by atoms with Crippen LogP contribution in [-0.4, -0.2) is 18.0 Å². The zero-order valence-electron chi connectivity index (χ0n) is 14.2. The van der Waals surface area contributed by atoms with Gasteiger partial charge in [0.15, 0.2) is 5.13 Å². The number of thiazole rings is 1. The van der Waals surface area contributed by atoms with Crippen molar-refractivity contribution in [3.63, 3.8) is 0 Å². The van der Waals surface area contributed by atoms with Gasteiger partial charge in [-0.3, -0.25) is 10.1 Å². The van der Waals surface area contributed by atoms with Gasteiger partial charge >= 0.3 is 0 Å². The summed E-state index contributed by atoms with van der Waals surface area (Å²) in [4.78, 5) is 18.3. The van der Waals surface area contributed by atoms with Crippen LogP contribution in [0.25, 0.3) is 11.6 Å². The first kappa shape index (κ1) is 17.0. The Kier molecular flexibility index (Phi) is 5.00. The summed E-state index contributed by atoms with van der Waals surface area (Å²) in [5, 5.41) is 3.45. The minimum absolute atomic E-state index is 0.240. The van der Waals surface area contributed by atoms with Gasteiger partial charge < -0.3 is 9.15 Å². The van der Waals surface area contributed by atoms with Crippen molar-refractivity contribution in [3.8, 4) is 5.75 Å². The first-order valence-corrected chi connectivity index (χ1v) is 8.53. The number of anilines is 1. The molecule has 2 heterocycles. The molecule has 0 aliphatic rings. The molecule has 0 unspecified atom stereocenters. The molecular formula is C19H18N2O3S. The number of aromatic nitrogens is 1. The largest absolute Gasteiger partial charge is 0.497 e. The quantitative estimate of drug-likeness (QED) is 0.683. The second kappa shape index (κ2) is 7.36. The molecule has 2 aromatic heterocycles. The highest BCUT2D eigenvalue weighted by atomic mass is 32.1. The van der Waals surface area contributed by atoms with Crippen LogP contribution >= 0.6 is 11.3 Å². The van der Waals surface area contributed by atoms with Crippen LogP contribution in [-0.2, 0) is 4.79 Å². The molecule has 3 aromatic rings. The Hall–Kier alpha value is -2.86. The van der Waals surface area contributed by atoms with E-state index in [0.29, 0.717) is 16.5 Å². The highest BCUT2D eigenvalue weighted by Gasteiger charge is 2.16. The lowest BCUT2D eigenvalue weighted by Crippen LogP contribution is -2.13. The van der Waals surface area contributed by atoms with Crippen LogP contribution in [0.2, 0.25) is 0 Å². The SMILES string of the molecule is COc1ccc(C(=Cc2ccco2)C(=O)Nc2nc(C)c(C)s2)cc1. The van der Waals surface area contributed by atoms with Crippen molar-refractivity contribution in [1.82, 2.24) is 4.98 Å². The van der Waals surface area contributed by atoms with Crippen LogP contribution in [0, 0.1) is 13.8 Å². The molecule has 1 amide bonds. The monoisotopic (exact) mass is 354 g/mol. The van der Waals surface area contributed by atoms with Crippen LogP contribution in [0.1, 0.15) is 21.9 Å². The van der Waals surface area contributed by atoms with Gasteiger partial charge in [-0.05, 0) is 49.8 Å². The van der Waals surface area contributed by atoms with Crippen LogP contribution in [0.3, 0.4) is 0 Å². The third-order valence-corrected chi connectivity index (χ3v) is 4.71. The highest BCUT2D eigenvalue weighted by Crippen LogP contribution is 2.26. The molecule has 1 N–H and O–H groups in total. The fourth-order valence-corrected chi connectivity index (χ4v) is 3.07. The van der Waals surface area contributed by atoms with Gasteiger partial charge in [-0.15, -0.1) is 11.3 Å². The number of carbonyl (C=O) groups is 1. The van der Waals surface area contributed by atoms with E-state index in [0.717, 1.165) is 21.9 Å². The molecule has 0 spiro atoms. The molecule has 0 saturated heterocycles. The molecule has 6 heteroatoms. The number of aryl methyl sites for hydroxylation is 2. The summed E-state index contributed by atoms with van der Waals surface area (Å²) in [5.74, 6) is 1.09. The normalized spacial score (nSPS) is 11.4. The second-order valence-electron chi connectivity index (χ2n) is 5.42. The molecular weight excluding hydrogens is 336 g/mol. The fourth-order valence-electron chi connectivity index (χ4n) is 2.26. The Morgan fingerprint density at radius 1 is 1.24 bits per heavy atom. The Labute approximate surface area is 150 Å². The van der Waals surface area contributed by atoms with Gasteiger partial charge in [0, 0.05) is 4.88 Å². The maximum atomic E-state index is 12.8. The first-order chi connectivity index (χ1) is 12.1. The molecule has 0 aliphatic carbocycles. The Morgan fingerprint density at radius 3 is 2.56 bits per heavy atom. The fraction of sp³-hybridized carbons (Fsp3) is 0.158. The van der Waals surface area contributed by atoms with E-state index in [4.69, 9.17) is 9.15 Å². The minimum Gasteiger partial charge on any atom is -0.497 e. The van der Waals surface area contributed by atoms with Gasteiger partial charge in [-0.1, -0.05) is 12.1 Å². The van der Waals surface area contributed by atoms with Crippen LogP contribution in [0.15, 0.2) is 47.1 Å². The lowest BCUT2D eigenvalue weighted by Gasteiger charge is -2.08. The Bertz CT molecular complexity index is 874. The summed E-state index contributed by atoms with van der Waals surface area (Å²) in [7, 11) is 1.61. The number of furan rings is 1. The number of amides is 1. The Balaban J connectivity index is 1.93. The van der Waals surface area contributed by atoms with Crippen LogP contribution in [0.5, 0.6) is 5.75 Å². The van der Waals surface area contributed by atoms with E-state index < -0.39 is 0 Å². The van der Waals surface area contributed by atoms with E-state index >= 15 is 0 Å². The molecule has 0 saturated carbocycles. The van der Waals surface area contributed by atoms with Gasteiger partial charge in [0.05, 0.1) is 24.6 Å². The van der Waals surface area contributed by atoms with Gasteiger partial charge in [-0.2, -0.15) is 0 Å². The van der Waals surface area contributed by atoms with E-state index in [1.807, 2.05) is 38.1 Å². The maximum absolute atomic E-state index is 12.8. The number of methoxy groups -OCH3 is 1. The Morgan fingerprint density at radius 2 is 2.00 bits per heavy atom. The van der Waals surface area contributed by atoms with Crippen LogP contribution in [0.4, 0.5) is 5.13 Å². The second-order valence-corrected chi connectivity index (χ2v) is 6.62. The average Bonchev–Trinajstić information content (AvgIpc) is 3.23. The zero-order chi connectivity index (χ0) is 17.8. The zero-order valence-corrected chi connectivity index (χ0v) is 15.0. The molecule has 25 heavy (non-hydrogen) atoms. The standard InChI is InChI=1S/C19H18N2O3S/c1-12-13(2)25-19(20-12)21-18(22)17(11-16-5-4-10-24-16)14-6-8-15(23-3)9-7-14/h4-11H,1-3H3,(H,20,21,22). The van der Waals surface area contributed by atoms with E-state index in [-0.39, 0.29) is 5.91 Å². The van der Waals surface area contributed by atoms with Gasteiger partial charge in [-0.25, -0.2) is 4.98 Å². The third kappa shape index (κ3) is 3.97. The highest BCUT2D eigenvalue weighted by molar-refractivity contribution is 7.15. The number of hydrogen-bond acceptors (Lipinski definition) is 5. The third-order valence-electron chi connectivity index (χ3n) is 3.72. The van der Waals surface area contributed by atoms with E-state index in [2.05, 4.69) is 10.3 Å². The van der Waals surface area contributed by atoms with Crippen molar-refractivity contribution in [2.75, 3.05) is 12.4 Å². The van der Waals surface area contributed by atoms with Crippen molar-refractivity contribution in [3.05, 3.63) is 64.6 Å². The van der Waals surface area contributed by atoms with Crippen molar-refractivity contribution >= 4 is 34.0 Å². The predicted molar refractivity (Wildman–Crippen MR) is 99.8 cm³/mol. The summed E-state index contributed by atoms with van der Waals surface area (Å²) in [6, 6.07) is 10.9. The maximum Gasteiger partial charge on any atom is 0.258 e. The number of benzene rings is 1. The van der Waals surface area contributed by atoms with E-state index in [1.54, 1.807) is 31.6 Å². The van der Waals surface area contributed by atoms with Crippen molar-refractivity contribution < 1.29 is 13.9 Å². The summed E-state index contributed by atoms with van der Waals surface area (Å²) >= 11 is 1.46. The number of ether oxygens (including phenoxy) is 1. The number of nitrogens with zero attached hydrogens (tertiary/aromatic N) is 1. The van der Waals surface area contributed by atoms with Crippen LogP contribution < -0.4 is 10.1 Å². The van der Waals surface area contributed by atoms with Gasteiger partial charge in [0.2, 0.25) is 0 Å². The molecule has 0 fully saturated rings. The number of hydrogen-bond donors (Lipinski definition) is 1. The summed E-state index contributed by atoms with van der Waals surface area (Å²) in [6.45, 7) is 3.90. The smallest absolute Gasteiger partial charge is 0.258 e. The van der Waals surface area contributed by atoms with Gasteiger partial charge in [0.1, 0.15) is 11.5 Å². The molecule has 0 radical (unpaired) electrons. The van der Waals surface area contributed by atoms with Gasteiger partial charge in [0.25, 0.3) is 5.91 Å².